The summed E-state index contributed by atoms with van der Waals surface area (Å²) in [5, 5.41) is 0. The Balaban J connectivity index is 1.79. The molecule has 0 saturated carbocycles. The molecule has 0 radical (unpaired) electrons. The van der Waals surface area contributed by atoms with E-state index >= 15 is 0 Å². The highest BCUT2D eigenvalue weighted by atomic mass is 15.4. The minimum Gasteiger partial charge on any atom is -0.404 e. The molecule has 26 heavy (non-hydrogen) atoms. The third kappa shape index (κ3) is 3.29. The van der Waals surface area contributed by atoms with Crippen molar-refractivity contribution >= 4 is 11.3 Å². The van der Waals surface area contributed by atoms with Crippen LogP contribution in [0.5, 0.6) is 0 Å². The zero-order chi connectivity index (χ0) is 18.7. The molecular formula is C23H25N3. The van der Waals surface area contributed by atoms with Gasteiger partial charge in [0.05, 0.1) is 6.04 Å². The van der Waals surface area contributed by atoms with E-state index in [-0.39, 0.29) is 6.04 Å². The minimum absolute atomic E-state index is 0.218. The van der Waals surface area contributed by atoms with E-state index in [0.717, 1.165) is 22.6 Å². The fourth-order valence-corrected chi connectivity index (χ4v) is 3.21. The molecule has 1 heterocycles. The lowest BCUT2D eigenvalue weighted by molar-refractivity contribution is 0.381. The fraction of sp³-hybridized carbons (Fsp3) is 0.130. The Morgan fingerprint density at radius 1 is 1.12 bits per heavy atom. The Morgan fingerprint density at radius 3 is 2.46 bits per heavy atom. The van der Waals surface area contributed by atoms with Crippen LogP contribution in [0.1, 0.15) is 29.7 Å². The lowest BCUT2D eigenvalue weighted by atomic mass is 10.0. The number of hydrogen-bond donors (Lipinski definition) is 1. The Kier molecular flexibility index (Phi) is 4.99. The highest BCUT2D eigenvalue weighted by molar-refractivity contribution is 5.74. The maximum Gasteiger partial charge on any atom is 0.110 e. The van der Waals surface area contributed by atoms with Crippen LogP contribution in [0.2, 0.25) is 0 Å². The molecule has 0 aromatic heterocycles. The maximum atomic E-state index is 5.64. The first kappa shape index (κ1) is 17.6. The van der Waals surface area contributed by atoms with Crippen LogP contribution >= 0.6 is 0 Å². The van der Waals surface area contributed by atoms with Crippen molar-refractivity contribution in [2.45, 2.75) is 19.9 Å². The fourth-order valence-electron chi connectivity index (χ4n) is 3.21. The normalized spacial score (nSPS) is 15.5. The van der Waals surface area contributed by atoms with Crippen molar-refractivity contribution in [1.29, 1.82) is 0 Å². The van der Waals surface area contributed by atoms with E-state index < -0.39 is 0 Å². The third-order valence-corrected chi connectivity index (χ3v) is 4.77. The predicted octanol–water partition coefficient (Wildman–Crippen LogP) is 5.31. The lowest BCUT2D eigenvalue weighted by Crippen LogP contribution is -2.24. The molecule has 1 unspecified atom stereocenters. The van der Waals surface area contributed by atoms with Crippen LogP contribution < -0.4 is 10.6 Å². The first-order valence-corrected chi connectivity index (χ1v) is 8.71. The highest BCUT2D eigenvalue weighted by Crippen LogP contribution is 2.33. The topological polar surface area (TPSA) is 32.5 Å². The average molecular weight is 343 g/mol. The second-order valence-electron chi connectivity index (χ2n) is 6.45. The van der Waals surface area contributed by atoms with Gasteiger partial charge in [0, 0.05) is 24.3 Å². The predicted molar refractivity (Wildman–Crippen MR) is 111 cm³/mol. The van der Waals surface area contributed by atoms with Crippen molar-refractivity contribution < 1.29 is 0 Å². The molecule has 0 bridgehead atoms. The standard InChI is InChI=1S/C23H25N3/c1-5-20(16-24)21-9-11-23(12-10-21)26-14-13-25(19(26)4)18(3)22-8-6-7-17(2)15-22/h5-16,18H,1,4,24H2,2-3H3/b20-16+. The molecule has 0 spiro atoms. The van der Waals surface area contributed by atoms with E-state index in [4.69, 9.17) is 5.73 Å². The van der Waals surface area contributed by atoms with Gasteiger partial charge in [-0.2, -0.15) is 0 Å². The van der Waals surface area contributed by atoms with E-state index in [9.17, 15) is 0 Å². The molecule has 0 amide bonds. The van der Waals surface area contributed by atoms with Crippen molar-refractivity contribution in [3.8, 4) is 0 Å². The quantitative estimate of drug-likeness (QED) is 0.747. The molecule has 1 atom stereocenters. The summed E-state index contributed by atoms with van der Waals surface area (Å²) in [6.07, 6.45) is 7.46. The molecule has 0 saturated heterocycles. The van der Waals surface area contributed by atoms with Gasteiger partial charge in [-0.25, -0.2) is 0 Å². The van der Waals surface area contributed by atoms with Gasteiger partial charge in [-0.15, -0.1) is 0 Å². The van der Waals surface area contributed by atoms with Gasteiger partial charge in [-0.05, 0) is 42.7 Å². The molecule has 2 aromatic rings. The number of rotatable bonds is 5. The van der Waals surface area contributed by atoms with E-state index in [2.05, 4.69) is 85.6 Å². The SMILES string of the molecule is C=C/C(=C\N)c1ccc(N2C=CN(C(C)c3cccc(C)c3)C2=C)cc1. The van der Waals surface area contributed by atoms with Crippen molar-refractivity contribution in [2.75, 3.05) is 4.90 Å². The second kappa shape index (κ2) is 7.36. The van der Waals surface area contributed by atoms with E-state index in [1.165, 1.54) is 11.1 Å². The number of allylic oxidation sites excluding steroid dienone is 2. The summed E-state index contributed by atoms with van der Waals surface area (Å²) in [5.41, 5.74) is 11.2. The van der Waals surface area contributed by atoms with Crippen molar-refractivity contribution in [3.63, 3.8) is 0 Å². The molecule has 2 aromatic carbocycles. The van der Waals surface area contributed by atoms with Gasteiger partial charge in [-0.1, -0.05) is 61.2 Å². The number of benzene rings is 2. The molecule has 1 aliphatic heterocycles. The maximum absolute atomic E-state index is 5.64. The molecule has 3 nitrogen and oxygen atoms in total. The van der Waals surface area contributed by atoms with Crippen LogP contribution in [0.3, 0.4) is 0 Å². The van der Waals surface area contributed by atoms with Crippen LogP contribution in [-0.4, -0.2) is 4.90 Å². The van der Waals surface area contributed by atoms with Gasteiger partial charge in [0.25, 0.3) is 0 Å². The molecular weight excluding hydrogens is 318 g/mol. The summed E-state index contributed by atoms with van der Waals surface area (Å²) in [5.74, 6) is 0.935. The average Bonchev–Trinajstić information content (AvgIpc) is 3.04. The molecule has 0 aliphatic carbocycles. The van der Waals surface area contributed by atoms with E-state index in [0.29, 0.717) is 0 Å². The molecule has 0 fully saturated rings. The second-order valence-corrected chi connectivity index (χ2v) is 6.45. The molecule has 1 aliphatic rings. The number of aryl methyl sites for hydroxylation is 1. The molecule has 132 valence electrons. The van der Waals surface area contributed by atoms with Gasteiger partial charge in [0.15, 0.2) is 0 Å². The third-order valence-electron chi connectivity index (χ3n) is 4.77. The highest BCUT2D eigenvalue weighted by Gasteiger charge is 2.24. The van der Waals surface area contributed by atoms with Crippen LogP contribution in [0.25, 0.3) is 5.57 Å². The number of hydrogen-bond acceptors (Lipinski definition) is 3. The first-order chi connectivity index (χ1) is 12.5. The number of nitrogens with two attached hydrogens (primary N) is 1. The monoisotopic (exact) mass is 343 g/mol. The van der Waals surface area contributed by atoms with Gasteiger partial charge >= 0.3 is 0 Å². The molecule has 2 N–H and O–H groups in total. The zero-order valence-corrected chi connectivity index (χ0v) is 15.4. The lowest BCUT2D eigenvalue weighted by Gasteiger charge is -2.29. The summed E-state index contributed by atoms with van der Waals surface area (Å²) < 4.78 is 0. The van der Waals surface area contributed by atoms with Gasteiger partial charge in [0.2, 0.25) is 0 Å². The van der Waals surface area contributed by atoms with E-state index in [1.54, 1.807) is 12.3 Å². The van der Waals surface area contributed by atoms with Crippen molar-refractivity contribution in [2.24, 2.45) is 5.73 Å². The van der Waals surface area contributed by atoms with Crippen molar-refractivity contribution in [1.82, 2.24) is 4.90 Å². The molecule has 3 rings (SSSR count). The summed E-state index contributed by atoms with van der Waals surface area (Å²) in [6, 6.07) is 17.0. The minimum atomic E-state index is 0.218. The number of anilines is 1. The van der Waals surface area contributed by atoms with Gasteiger partial charge in [-0.3, -0.25) is 0 Å². The Labute approximate surface area is 156 Å². The zero-order valence-electron chi connectivity index (χ0n) is 15.4. The van der Waals surface area contributed by atoms with Crippen LogP contribution in [0, 0.1) is 6.92 Å². The van der Waals surface area contributed by atoms with Crippen LogP contribution in [0.15, 0.2) is 92.2 Å². The van der Waals surface area contributed by atoms with Gasteiger partial charge in [0.1, 0.15) is 5.82 Å². The Morgan fingerprint density at radius 2 is 1.85 bits per heavy atom. The molecule has 3 heteroatoms. The number of nitrogens with zero attached hydrogens (tertiary/aromatic N) is 2. The van der Waals surface area contributed by atoms with Gasteiger partial charge < -0.3 is 15.5 Å². The Hall–Kier alpha value is -3.20. The van der Waals surface area contributed by atoms with Crippen molar-refractivity contribution in [3.05, 3.63) is 109 Å². The summed E-state index contributed by atoms with van der Waals surface area (Å²) >= 11 is 0. The van der Waals surface area contributed by atoms with E-state index in [1.807, 2.05) is 12.1 Å². The largest absolute Gasteiger partial charge is 0.404 e. The van der Waals surface area contributed by atoms with Crippen LogP contribution in [0.4, 0.5) is 5.69 Å². The summed E-state index contributed by atoms with van der Waals surface area (Å²) in [7, 11) is 0. The van der Waals surface area contributed by atoms with Crippen LogP contribution in [-0.2, 0) is 0 Å². The first-order valence-electron chi connectivity index (χ1n) is 8.71. The smallest absolute Gasteiger partial charge is 0.110 e. The summed E-state index contributed by atoms with van der Waals surface area (Å²) in [4.78, 5) is 4.29. The Bertz CT molecular complexity index is 875. The summed E-state index contributed by atoms with van der Waals surface area (Å²) in [6.45, 7) is 12.4.